The molecule has 1 rings (SSSR count). The standard InChI is InChI=1S/C13H22N4O3/c1-6-17(8(2)7-9(18)19)11(20)10-14-12(16-15-10)13(3,4)5/h8H,6-7H2,1-5H3,(H,18,19)(H,14,15,16). The van der Waals surface area contributed by atoms with E-state index in [0.717, 1.165) is 0 Å². The van der Waals surface area contributed by atoms with Crippen LogP contribution in [0.4, 0.5) is 0 Å². The number of carboxylic acids is 1. The predicted molar refractivity (Wildman–Crippen MR) is 73.5 cm³/mol. The predicted octanol–water partition coefficient (Wildman–Crippen LogP) is 1.43. The topological polar surface area (TPSA) is 99.2 Å². The highest BCUT2D eigenvalue weighted by atomic mass is 16.4. The molecule has 1 atom stereocenters. The van der Waals surface area contributed by atoms with Gasteiger partial charge in [0.25, 0.3) is 5.91 Å². The van der Waals surface area contributed by atoms with Crippen molar-refractivity contribution in [1.29, 1.82) is 0 Å². The van der Waals surface area contributed by atoms with Gasteiger partial charge < -0.3 is 10.0 Å². The summed E-state index contributed by atoms with van der Waals surface area (Å²) < 4.78 is 0. The molecule has 0 saturated heterocycles. The van der Waals surface area contributed by atoms with Crippen molar-refractivity contribution >= 4 is 11.9 Å². The summed E-state index contributed by atoms with van der Waals surface area (Å²) in [6.45, 7) is 9.80. The van der Waals surface area contributed by atoms with Crippen LogP contribution in [0.15, 0.2) is 0 Å². The Morgan fingerprint density at radius 3 is 2.40 bits per heavy atom. The Labute approximate surface area is 118 Å². The third-order valence-corrected chi connectivity index (χ3v) is 2.99. The molecule has 0 bridgehead atoms. The van der Waals surface area contributed by atoms with Gasteiger partial charge in [0.2, 0.25) is 5.82 Å². The number of nitrogens with one attached hydrogen (secondary N) is 1. The highest BCUT2D eigenvalue weighted by Crippen LogP contribution is 2.18. The van der Waals surface area contributed by atoms with Gasteiger partial charge in [0.05, 0.1) is 6.42 Å². The lowest BCUT2D eigenvalue weighted by Crippen LogP contribution is -2.40. The molecule has 2 N–H and O–H groups in total. The van der Waals surface area contributed by atoms with Crippen LogP contribution >= 0.6 is 0 Å². The number of aliphatic carboxylic acids is 1. The first-order valence-electron chi connectivity index (χ1n) is 6.62. The molecule has 1 heterocycles. The second kappa shape index (κ2) is 6.02. The van der Waals surface area contributed by atoms with Crippen molar-refractivity contribution in [3.8, 4) is 0 Å². The molecular weight excluding hydrogens is 260 g/mol. The van der Waals surface area contributed by atoms with Crippen LogP contribution in [0, 0.1) is 0 Å². The first-order chi connectivity index (χ1) is 9.16. The van der Waals surface area contributed by atoms with E-state index in [1.54, 1.807) is 13.8 Å². The Kier molecular flexibility index (Phi) is 4.86. The maximum absolute atomic E-state index is 12.3. The van der Waals surface area contributed by atoms with E-state index in [0.29, 0.717) is 12.4 Å². The van der Waals surface area contributed by atoms with Gasteiger partial charge in [-0.2, -0.15) is 0 Å². The number of carboxylic acid groups (broad SMARTS) is 1. The van der Waals surface area contributed by atoms with Crippen LogP contribution in [0.2, 0.25) is 0 Å². The van der Waals surface area contributed by atoms with Gasteiger partial charge in [0.1, 0.15) is 5.82 Å². The van der Waals surface area contributed by atoms with Crippen LogP contribution < -0.4 is 0 Å². The Bertz CT molecular complexity index is 490. The maximum Gasteiger partial charge on any atom is 0.305 e. The summed E-state index contributed by atoms with van der Waals surface area (Å²) in [5, 5.41) is 15.5. The summed E-state index contributed by atoms with van der Waals surface area (Å²) in [4.78, 5) is 28.7. The molecule has 1 aromatic heterocycles. The number of carbonyl (C=O) groups is 2. The van der Waals surface area contributed by atoms with Crippen molar-refractivity contribution in [2.75, 3.05) is 6.54 Å². The zero-order valence-electron chi connectivity index (χ0n) is 12.6. The Morgan fingerprint density at radius 2 is 2.00 bits per heavy atom. The second-order valence-corrected chi connectivity index (χ2v) is 5.80. The molecular formula is C13H22N4O3. The molecule has 0 aliphatic heterocycles. The van der Waals surface area contributed by atoms with Gasteiger partial charge in [-0.3, -0.25) is 14.7 Å². The van der Waals surface area contributed by atoms with E-state index in [1.165, 1.54) is 4.90 Å². The SMILES string of the molecule is CCN(C(=O)c1n[nH]c(C(C)(C)C)n1)C(C)CC(=O)O. The zero-order valence-corrected chi connectivity index (χ0v) is 12.6. The molecule has 0 radical (unpaired) electrons. The van der Waals surface area contributed by atoms with Crippen molar-refractivity contribution in [1.82, 2.24) is 20.1 Å². The summed E-state index contributed by atoms with van der Waals surface area (Å²) >= 11 is 0. The number of carbonyl (C=O) groups excluding carboxylic acids is 1. The molecule has 112 valence electrons. The van der Waals surface area contributed by atoms with Crippen molar-refractivity contribution < 1.29 is 14.7 Å². The number of aromatic nitrogens is 3. The Morgan fingerprint density at radius 1 is 1.40 bits per heavy atom. The van der Waals surface area contributed by atoms with Crippen LogP contribution in [-0.2, 0) is 10.2 Å². The molecule has 1 aromatic rings. The van der Waals surface area contributed by atoms with E-state index in [2.05, 4.69) is 15.2 Å². The summed E-state index contributed by atoms with van der Waals surface area (Å²) in [6.07, 6.45) is -0.101. The normalized spacial score (nSPS) is 13.1. The molecule has 0 spiro atoms. The smallest absolute Gasteiger partial charge is 0.305 e. The molecule has 0 fully saturated rings. The van der Waals surface area contributed by atoms with Gasteiger partial charge in [-0.15, -0.1) is 5.10 Å². The van der Waals surface area contributed by atoms with Crippen LogP contribution in [0.3, 0.4) is 0 Å². The summed E-state index contributed by atoms with van der Waals surface area (Å²) in [6, 6.07) is -0.401. The van der Waals surface area contributed by atoms with E-state index in [1.807, 2.05) is 20.8 Å². The minimum absolute atomic E-state index is 0.0778. The van der Waals surface area contributed by atoms with Gasteiger partial charge in [0, 0.05) is 18.0 Å². The fourth-order valence-corrected chi connectivity index (χ4v) is 1.84. The molecule has 0 aliphatic rings. The average Bonchev–Trinajstić information content (AvgIpc) is 2.77. The molecule has 0 saturated carbocycles. The molecule has 0 aliphatic carbocycles. The van der Waals surface area contributed by atoms with Crippen molar-refractivity contribution in [3.05, 3.63) is 11.6 Å². The highest BCUT2D eigenvalue weighted by Gasteiger charge is 2.27. The number of amides is 1. The first kappa shape index (κ1) is 16.1. The number of hydrogen-bond donors (Lipinski definition) is 2. The summed E-state index contributed by atoms with van der Waals surface area (Å²) in [5.74, 6) is -0.584. The second-order valence-electron chi connectivity index (χ2n) is 5.80. The third-order valence-electron chi connectivity index (χ3n) is 2.99. The largest absolute Gasteiger partial charge is 0.481 e. The Balaban J connectivity index is 2.91. The molecule has 7 heteroatoms. The van der Waals surface area contributed by atoms with E-state index in [9.17, 15) is 9.59 Å². The van der Waals surface area contributed by atoms with E-state index < -0.39 is 12.0 Å². The van der Waals surface area contributed by atoms with Crippen molar-refractivity contribution in [3.63, 3.8) is 0 Å². The van der Waals surface area contributed by atoms with Crippen LogP contribution in [0.1, 0.15) is 57.5 Å². The minimum Gasteiger partial charge on any atom is -0.481 e. The van der Waals surface area contributed by atoms with Gasteiger partial charge >= 0.3 is 5.97 Å². The first-order valence-corrected chi connectivity index (χ1v) is 6.62. The van der Waals surface area contributed by atoms with Gasteiger partial charge in [0.15, 0.2) is 0 Å². The molecule has 1 unspecified atom stereocenters. The lowest BCUT2D eigenvalue weighted by atomic mass is 9.96. The van der Waals surface area contributed by atoms with Crippen molar-refractivity contribution in [2.24, 2.45) is 0 Å². The minimum atomic E-state index is -0.936. The van der Waals surface area contributed by atoms with Crippen molar-refractivity contribution in [2.45, 2.75) is 52.5 Å². The average molecular weight is 282 g/mol. The third kappa shape index (κ3) is 3.79. The zero-order chi connectivity index (χ0) is 15.5. The highest BCUT2D eigenvalue weighted by molar-refractivity contribution is 5.90. The van der Waals surface area contributed by atoms with E-state index in [-0.39, 0.29) is 23.6 Å². The summed E-state index contributed by atoms with van der Waals surface area (Å²) in [7, 11) is 0. The summed E-state index contributed by atoms with van der Waals surface area (Å²) in [5.41, 5.74) is -0.227. The Hall–Kier alpha value is -1.92. The number of nitrogens with zero attached hydrogens (tertiary/aromatic N) is 3. The molecule has 0 aromatic carbocycles. The quantitative estimate of drug-likeness (QED) is 0.851. The lowest BCUT2D eigenvalue weighted by molar-refractivity contribution is -0.138. The monoisotopic (exact) mass is 282 g/mol. The molecule has 20 heavy (non-hydrogen) atoms. The van der Waals surface area contributed by atoms with Crippen LogP contribution in [-0.4, -0.2) is 49.7 Å². The number of aromatic amines is 1. The van der Waals surface area contributed by atoms with Gasteiger partial charge in [-0.1, -0.05) is 20.8 Å². The lowest BCUT2D eigenvalue weighted by Gasteiger charge is -2.25. The number of H-pyrrole nitrogens is 1. The van der Waals surface area contributed by atoms with Gasteiger partial charge in [-0.05, 0) is 13.8 Å². The molecule has 7 nitrogen and oxygen atoms in total. The maximum atomic E-state index is 12.3. The molecule has 1 amide bonds. The van der Waals surface area contributed by atoms with E-state index in [4.69, 9.17) is 5.11 Å². The van der Waals surface area contributed by atoms with E-state index >= 15 is 0 Å². The van der Waals surface area contributed by atoms with Crippen LogP contribution in [0.25, 0.3) is 0 Å². The van der Waals surface area contributed by atoms with Gasteiger partial charge in [-0.25, -0.2) is 4.98 Å². The fourth-order valence-electron chi connectivity index (χ4n) is 1.84. The van der Waals surface area contributed by atoms with Crippen LogP contribution in [0.5, 0.6) is 0 Å². The number of hydrogen-bond acceptors (Lipinski definition) is 4. The number of rotatable bonds is 5. The fraction of sp³-hybridized carbons (Fsp3) is 0.692.